The van der Waals surface area contributed by atoms with Crippen molar-refractivity contribution in [1.29, 1.82) is 0 Å². The van der Waals surface area contributed by atoms with Crippen LogP contribution in [0, 0.1) is 13.8 Å². The SMILES string of the molecule is COc1ccc(CN2CCCC(O)(COc3cc(C)ccc3Cl)C2)cc1OCCn1ccnc1C. The topological polar surface area (TPSA) is 69.0 Å². The average molecular weight is 500 g/mol. The number of likely N-dealkylation sites (tertiary alicyclic amines) is 1. The second-order valence-electron chi connectivity index (χ2n) is 9.26. The van der Waals surface area contributed by atoms with Crippen molar-refractivity contribution in [3.63, 3.8) is 0 Å². The molecule has 1 saturated heterocycles. The standard InChI is InChI=1S/C27H34ClN3O4/c1-20-5-7-23(28)25(15-20)35-19-27(32)9-4-11-30(18-27)17-22-6-8-24(33-3)26(16-22)34-14-13-31-12-10-29-21(31)2/h5-8,10,12,15-16,32H,4,9,11,13-14,17-19H2,1-3H3. The number of aliphatic hydroxyl groups is 1. The number of methoxy groups -OCH3 is 1. The summed E-state index contributed by atoms with van der Waals surface area (Å²) in [6.07, 6.45) is 5.32. The van der Waals surface area contributed by atoms with Crippen molar-refractivity contribution >= 4 is 11.6 Å². The van der Waals surface area contributed by atoms with Crippen molar-refractivity contribution in [2.45, 2.75) is 45.4 Å². The highest BCUT2D eigenvalue weighted by Gasteiger charge is 2.34. The minimum atomic E-state index is -0.931. The van der Waals surface area contributed by atoms with E-state index < -0.39 is 5.60 Å². The van der Waals surface area contributed by atoms with E-state index in [0.29, 0.717) is 54.9 Å². The van der Waals surface area contributed by atoms with Gasteiger partial charge in [-0.25, -0.2) is 4.98 Å². The molecule has 35 heavy (non-hydrogen) atoms. The zero-order chi connectivity index (χ0) is 24.8. The predicted octanol–water partition coefficient (Wildman–Crippen LogP) is 4.65. The van der Waals surface area contributed by atoms with Crippen LogP contribution in [0.4, 0.5) is 0 Å². The van der Waals surface area contributed by atoms with Crippen LogP contribution in [-0.2, 0) is 13.1 Å². The Hall–Kier alpha value is -2.74. The molecular weight excluding hydrogens is 466 g/mol. The Labute approximate surface area is 212 Å². The molecule has 188 valence electrons. The third kappa shape index (κ3) is 6.69. The number of nitrogens with zero attached hydrogens (tertiary/aromatic N) is 3. The number of aromatic nitrogens is 2. The minimum absolute atomic E-state index is 0.206. The minimum Gasteiger partial charge on any atom is -0.493 e. The predicted molar refractivity (Wildman–Crippen MR) is 137 cm³/mol. The summed E-state index contributed by atoms with van der Waals surface area (Å²) in [4.78, 5) is 6.50. The quantitative estimate of drug-likeness (QED) is 0.438. The first kappa shape index (κ1) is 25.4. The summed E-state index contributed by atoms with van der Waals surface area (Å²) in [6.45, 7) is 7.54. The summed E-state index contributed by atoms with van der Waals surface area (Å²) < 4.78 is 19.6. The Morgan fingerprint density at radius 2 is 1.94 bits per heavy atom. The Morgan fingerprint density at radius 3 is 2.71 bits per heavy atom. The van der Waals surface area contributed by atoms with Gasteiger partial charge in [0.1, 0.15) is 30.4 Å². The summed E-state index contributed by atoms with van der Waals surface area (Å²) in [5, 5.41) is 11.8. The fourth-order valence-electron chi connectivity index (χ4n) is 4.48. The van der Waals surface area contributed by atoms with Gasteiger partial charge >= 0.3 is 0 Å². The van der Waals surface area contributed by atoms with Crippen LogP contribution in [0.3, 0.4) is 0 Å². The molecule has 0 spiro atoms. The van der Waals surface area contributed by atoms with Gasteiger partial charge in [0.05, 0.1) is 18.7 Å². The van der Waals surface area contributed by atoms with E-state index in [1.54, 1.807) is 13.3 Å². The summed E-state index contributed by atoms with van der Waals surface area (Å²) in [5.41, 5.74) is 1.24. The molecule has 1 aromatic heterocycles. The summed E-state index contributed by atoms with van der Waals surface area (Å²) in [5.74, 6) is 2.99. The molecule has 1 unspecified atom stereocenters. The number of aryl methyl sites for hydroxylation is 2. The van der Waals surface area contributed by atoms with Crippen LogP contribution >= 0.6 is 11.6 Å². The van der Waals surface area contributed by atoms with E-state index in [2.05, 4.69) is 14.5 Å². The van der Waals surface area contributed by atoms with Gasteiger partial charge in [0.2, 0.25) is 0 Å². The average Bonchev–Trinajstić information content (AvgIpc) is 3.24. The van der Waals surface area contributed by atoms with E-state index >= 15 is 0 Å². The molecule has 2 aromatic carbocycles. The number of β-amino-alcohol motifs (C(OH)–C–C–N with tert-alkyl or cyclic N) is 1. The molecular formula is C27H34ClN3O4. The normalized spacial score (nSPS) is 18.4. The van der Waals surface area contributed by atoms with Gasteiger partial charge < -0.3 is 23.9 Å². The van der Waals surface area contributed by atoms with Crippen molar-refractivity contribution in [2.75, 3.05) is 33.4 Å². The first-order chi connectivity index (χ1) is 16.8. The number of hydrogen-bond acceptors (Lipinski definition) is 6. The second-order valence-corrected chi connectivity index (χ2v) is 9.67. The van der Waals surface area contributed by atoms with Gasteiger partial charge in [0.25, 0.3) is 0 Å². The maximum Gasteiger partial charge on any atom is 0.161 e. The third-order valence-electron chi connectivity index (χ3n) is 6.37. The lowest BCUT2D eigenvalue weighted by Crippen LogP contribution is -2.51. The first-order valence-corrected chi connectivity index (χ1v) is 12.3. The Bertz CT molecular complexity index is 1140. The van der Waals surface area contributed by atoms with Crippen LogP contribution in [-0.4, -0.2) is 58.6 Å². The molecule has 4 rings (SSSR count). The fourth-order valence-corrected chi connectivity index (χ4v) is 4.65. The monoisotopic (exact) mass is 499 g/mol. The Kier molecular flexibility index (Phi) is 8.21. The van der Waals surface area contributed by atoms with E-state index in [1.807, 2.05) is 56.4 Å². The van der Waals surface area contributed by atoms with Crippen molar-refractivity contribution in [3.8, 4) is 17.2 Å². The highest BCUT2D eigenvalue weighted by Crippen LogP contribution is 2.31. The largest absolute Gasteiger partial charge is 0.493 e. The zero-order valence-electron chi connectivity index (χ0n) is 20.7. The third-order valence-corrected chi connectivity index (χ3v) is 6.68. The molecule has 3 aromatic rings. The van der Waals surface area contributed by atoms with Gasteiger partial charge in [0.15, 0.2) is 11.5 Å². The fraction of sp³-hybridized carbons (Fsp3) is 0.444. The molecule has 0 saturated carbocycles. The van der Waals surface area contributed by atoms with Gasteiger partial charge in [-0.3, -0.25) is 4.90 Å². The van der Waals surface area contributed by atoms with E-state index in [1.165, 1.54) is 0 Å². The lowest BCUT2D eigenvalue weighted by molar-refractivity contribution is -0.0621. The lowest BCUT2D eigenvalue weighted by atomic mass is 9.93. The van der Waals surface area contributed by atoms with E-state index in [4.69, 9.17) is 25.8 Å². The first-order valence-electron chi connectivity index (χ1n) is 12.0. The molecule has 8 heteroatoms. The number of halogens is 1. The van der Waals surface area contributed by atoms with Gasteiger partial charge in [-0.1, -0.05) is 23.7 Å². The highest BCUT2D eigenvalue weighted by atomic mass is 35.5. The van der Waals surface area contributed by atoms with E-state index in [9.17, 15) is 5.11 Å². The molecule has 1 atom stereocenters. The smallest absolute Gasteiger partial charge is 0.161 e. The van der Waals surface area contributed by atoms with Crippen molar-refractivity contribution in [2.24, 2.45) is 0 Å². The van der Waals surface area contributed by atoms with Crippen LogP contribution in [0.1, 0.15) is 29.8 Å². The van der Waals surface area contributed by atoms with Crippen molar-refractivity contribution < 1.29 is 19.3 Å². The number of hydrogen-bond donors (Lipinski definition) is 1. The molecule has 1 aliphatic rings. The van der Waals surface area contributed by atoms with Gasteiger partial charge in [-0.15, -0.1) is 0 Å². The van der Waals surface area contributed by atoms with Crippen LogP contribution in [0.2, 0.25) is 5.02 Å². The number of piperidine rings is 1. The summed E-state index contributed by atoms with van der Waals surface area (Å²) >= 11 is 6.26. The number of ether oxygens (including phenoxy) is 3. The van der Waals surface area contributed by atoms with Gasteiger partial charge in [0, 0.05) is 25.5 Å². The molecule has 1 fully saturated rings. The van der Waals surface area contributed by atoms with Crippen molar-refractivity contribution in [3.05, 3.63) is 70.8 Å². The van der Waals surface area contributed by atoms with E-state index in [0.717, 1.165) is 29.9 Å². The van der Waals surface area contributed by atoms with Gasteiger partial charge in [-0.2, -0.15) is 0 Å². The maximum absolute atomic E-state index is 11.2. The van der Waals surface area contributed by atoms with Gasteiger partial charge in [-0.05, 0) is 68.6 Å². The molecule has 1 N–H and O–H groups in total. The number of rotatable bonds is 10. The molecule has 1 aliphatic heterocycles. The van der Waals surface area contributed by atoms with Crippen LogP contribution < -0.4 is 14.2 Å². The molecule has 0 amide bonds. The molecule has 7 nitrogen and oxygen atoms in total. The number of benzene rings is 2. The maximum atomic E-state index is 11.2. The molecule has 0 radical (unpaired) electrons. The summed E-state index contributed by atoms with van der Waals surface area (Å²) in [6, 6.07) is 11.7. The second kappa shape index (κ2) is 11.3. The highest BCUT2D eigenvalue weighted by molar-refractivity contribution is 6.32. The molecule has 0 aliphatic carbocycles. The zero-order valence-corrected chi connectivity index (χ0v) is 21.4. The van der Waals surface area contributed by atoms with Crippen LogP contribution in [0.25, 0.3) is 0 Å². The van der Waals surface area contributed by atoms with Crippen LogP contribution in [0.15, 0.2) is 48.8 Å². The van der Waals surface area contributed by atoms with E-state index in [-0.39, 0.29) is 6.61 Å². The number of imidazole rings is 1. The molecule has 0 bridgehead atoms. The Morgan fingerprint density at radius 1 is 1.09 bits per heavy atom. The summed E-state index contributed by atoms with van der Waals surface area (Å²) in [7, 11) is 1.65. The Balaban J connectivity index is 1.36. The molecule has 2 heterocycles. The lowest BCUT2D eigenvalue weighted by Gasteiger charge is -2.39. The van der Waals surface area contributed by atoms with Crippen LogP contribution in [0.5, 0.6) is 17.2 Å². The van der Waals surface area contributed by atoms with Crippen molar-refractivity contribution in [1.82, 2.24) is 14.5 Å².